The van der Waals surface area contributed by atoms with Crippen molar-refractivity contribution in [1.82, 2.24) is 30.4 Å². The summed E-state index contributed by atoms with van der Waals surface area (Å²) in [5.74, 6) is -0.766. The predicted molar refractivity (Wildman–Crippen MR) is 148 cm³/mol. The largest absolute Gasteiger partial charge is 0.382 e. The summed E-state index contributed by atoms with van der Waals surface area (Å²) in [6, 6.07) is 5.81. The molecule has 38 heavy (non-hydrogen) atoms. The molecule has 206 valence electrons. The average molecular weight is 567 g/mol. The smallest absolute Gasteiger partial charge is 0.280 e. The minimum Gasteiger partial charge on any atom is -0.382 e. The van der Waals surface area contributed by atoms with E-state index in [0.29, 0.717) is 31.0 Å². The highest BCUT2D eigenvalue weighted by atomic mass is 35.5. The number of aromatic nitrogens is 2. The molecule has 1 aromatic carbocycles. The van der Waals surface area contributed by atoms with Crippen molar-refractivity contribution in [3.05, 3.63) is 45.4 Å². The number of carbonyl (C=O) groups is 1. The number of benzene rings is 1. The van der Waals surface area contributed by atoms with Crippen molar-refractivity contribution in [3.8, 4) is 0 Å². The zero-order chi connectivity index (χ0) is 27.4. The summed E-state index contributed by atoms with van der Waals surface area (Å²) < 4.78 is 13.8. The number of guanidine groups is 1. The maximum absolute atomic E-state index is 13.8. The Labute approximate surface area is 232 Å². The lowest BCUT2D eigenvalue weighted by molar-refractivity contribution is 0.0610. The van der Waals surface area contributed by atoms with Crippen LogP contribution in [0, 0.1) is 11.2 Å². The van der Waals surface area contributed by atoms with Gasteiger partial charge in [-0.2, -0.15) is 0 Å². The number of rotatable bonds is 6. The number of halogens is 3. The van der Waals surface area contributed by atoms with E-state index >= 15 is 0 Å². The van der Waals surface area contributed by atoms with Gasteiger partial charge in [0.25, 0.3) is 5.91 Å². The van der Waals surface area contributed by atoms with Gasteiger partial charge in [-0.25, -0.2) is 14.4 Å². The maximum Gasteiger partial charge on any atom is 0.280 e. The molecule has 1 atom stereocenters. The molecule has 2 fully saturated rings. The van der Waals surface area contributed by atoms with Crippen LogP contribution >= 0.6 is 23.2 Å². The molecule has 0 radical (unpaired) electrons. The first-order chi connectivity index (χ1) is 18.2. The van der Waals surface area contributed by atoms with Gasteiger partial charge in [-0.15, -0.1) is 0 Å². The summed E-state index contributed by atoms with van der Waals surface area (Å²) in [5.41, 5.74) is 6.88. The zero-order valence-corrected chi connectivity index (χ0v) is 23.1. The average Bonchev–Trinajstić information content (AvgIpc) is 2.91. The van der Waals surface area contributed by atoms with Crippen LogP contribution in [0.2, 0.25) is 10.2 Å². The van der Waals surface area contributed by atoms with Crippen molar-refractivity contribution in [2.75, 3.05) is 50.4 Å². The molecule has 2 aliphatic rings. The first-order valence-corrected chi connectivity index (χ1v) is 13.5. The molecule has 1 amide bonds. The van der Waals surface area contributed by atoms with Crippen molar-refractivity contribution in [3.63, 3.8) is 0 Å². The van der Waals surface area contributed by atoms with Gasteiger partial charge in [0, 0.05) is 45.3 Å². The lowest BCUT2D eigenvalue weighted by Gasteiger charge is -2.47. The van der Waals surface area contributed by atoms with Crippen LogP contribution < -0.4 is 21.3 Å². The quantitative estimate of drug-likeness (QED) is 0.311. The third-order valence-corrected chi connectivity index (χ3v) is 7.84. The number of likely N-dealkylation sites (tertiary alicyclic amines) is 1. The van der Waals surface area contributed by atoms with Crippen LogP contribution in [0.1, 0.15) is 42.2 Å². The Morgan fingerprint density at radius 3 is 2.61 bits per heavy atom. The molecule has 0 unspecified atom stereocenters. The highest BCUT2D eigenvalue weighted by molar-refractivity contribution is 6.32. The summed E-state index contributed by atoms with van der Waals surface area (Å²) in [6.45, 7) is 7.09. The normalized spacial score (nSPS) is 19.4. The predicted octanol–water partition coefficient (Wildman–Crippen LogP) is 2.95. The number of hydrogen-bond donors (Lipinski definition) is 4. The van der Waals surface area contributed by atoms with E-state index in [-0.39, 0.29) is 33.5 Å². The number of carbonyl (C=O) groups excluding carboxylic acids is 1. The van der Waals surface area contributed by atoms with E-state index in [1.807, 2.05) is 6.07 Å². The van der Waals surface area contributed by atoms with Crippen LogP contribution in [0.25, 0.3) is 0 Å². The first-order valence-electron chi connectivity index (χ1n) is 12.8. The van der Waals surface area contributed by atoms with Gasteiger partial charge < -0.3 is 16.0 Å². The van der Waals surface area contributed by atoms with Crippen molar-refractivity contribution in [2.24, 2.45) is 0 Å². The summed E-state index contributed by atoms with van der Waals surface area (Å²) in [4.78, 5) is 28.0. The molecule has 0 saturated carbocycles. The van der Waals surface area contributed by atoms with Crippen molar-refractivity contribution < 1.29 is 9.18 Å². The van der Waals surface area contributed by atoms with Gasteiger partial charge in [0.2, 0.25) is 0 Å². The third kappa shape index (κ3) is 6.45. The minimum absolute atomic E-state index is 0.0331. The fourth-order valence-corrected chi connectivity index (χ4v) is 5.60. The molecule has 2 aromatic rings. The van der Waals surface area contributed by atoms with E-state index in [9.17, 15) is 9.18 Å². The SMILES string of the molecule is CC[C@H]1CN(c2nc(N)c(C(=O)NC(=N)NC)nc2Cl)CCN1C1CCN(Cc2ccc(Cl)c(F)c2)CC1. The van der Waals surface area contributed by atoms with Crippen LogP contribution in [0.3, 0.4) is 0 Å². The maximum atomic E-state index is 13.8. The second kappa shape index (κ2) is 12.4. The Morgan fingerprint density at radius 2 is 1.95 bits per heavy atom. The topological polar surface area (TPSA) is 126 Å². The number of hydrogen-bond acceptors (Lipinski definition) is 8. The Hall–Kier alpha value is -2.73. The van der Waals surface area contributed by atoms with Gasteiger partial charge in [-0.05, 0) is 50.0 Å². The molecule has 1 aromatic heterocycles. The number of anilines is 2. The number of nitrogen functional groups attached to an aromatic ring is 1. The molecule has 2 saturated heterocycles. The number of amides is 1. The first kappa shape index (κ1) is 28.3. The molecular formula is C25H34Cl2FN9O. The van der Waals surface area contributed by atoms with Crippen LogP contribution in [0.5, 0.6) is 0 Å². The lowest BCUT2D eigenvalue weighted by atomic mass is 9.98. The summed E-state index contributed by atoms with van der Waals surface area (Å²) in [5, 5.41) is 12.7. The molecule has 3 heterocycles. The van der Waals surface area contributed by atoms with E-state index in [1.54, 1.807) is 6.07 Å². The standard InChI is InChI=1S/C25H34Cl2FN9O/c1-3-16-14-36(23-21(27)32-20(22(29)33-23)24(38)34-25(30)31-2)10-11-37(16)17-6-8-35(9-7-17)13-15-4-5-18(26)19(28)12-15/h4-5,12,16-17H,3,6-11,13-14H2,1-2H3,(H2,29,33)(H3,30,31,34,38)/t16-/m0/s1. The van der Waals surface area contributed by atoms with Crippen molar-refractivity contribution in [2.45, 2.75) is 44.8 Å². The summed E-state index contributed by atoms with van der Waals surface area (Å²) >= 11 is 12.3. The second-order valence-corrected chi connectivity index (χ2v) is 10.4. The molecule has 4 rings (SSSR count). The van der Waals surface area contributed by atoms with Crippen molar-refractivity contribution in [1.29, 1.82) is 5.41 Å². The number of piperazine rings is 1. The Kier molecular flexibility index (Phi) is 9.24. The number of piperidine rings is 1. The fraction of sp³-hybridized carbons (Fsp3) is 0.520. The Balaban J connectivity index is 1.36. The van der Waals surface area contributed by atoms with E-state index < -0.39 is 5.91 Å². The Morgan fingerprint density at radius 1 is 1.21 bits per heavy atom. The van der Waals surface area contributed by atoms with Crippen LogP contribution in [-0.4, -0.2) is 83.5 Å². The minimum atomic E-state index is -0.647. The molecule has 0 spiro atoms. The van der Waals surface area contributed by atoms with Crippen molar-refractivity contribution >= 4 is 46.7 Å². The van der Waals surface area contributed by atoms with E-state index in [1.165, 1.54) is 13.1 Å². The zero-order valence-electron chi connectivity index (χ0n) is 21.6. The highest BCUT2D eigenvalue weighted by Crippen LogP contribution is 2.30. The molecule has 2 aliphatic heterocycles. The van der Waals surface area contributed by atoms with Gasteiger partial charge in [-0.1, -0.05) is 36.2 Å². The van der Waals surface area contributed by atoms with Gasteiger partial charge >= 0.3 is 0 Å². The van der Waals surface area contributed by atoms with E-state index in [4.69, 9.17) is 34.3 Å². The highest BCUT2D eigenvalue weighted by Gasteiger charge is 2.34. The second-order valence-electron chi connectivity index (χ2n) is 9.65. The van der Waals surface area contributed by atoms with Gasteiger partial charge in [-0.3, -0.25) is 25.3 Å². The molecule has 5 N–H and O–H groups in total. The lowest BCUT2D eigenvalue weighted by Crippen LogP contribution is -2.58. The van der Waals surface area contributed by atoms with Crippen LogP contribution in [0.15, 0.2) is 18.2 Å². The molecule has 0 bridgehead atoms. The van der Waals surface area contributed by atoms with Gasteiger partial charge in [0.1, 0.15) is 5.82 Å². The Bertz CT molecular complexity index is 1180. The van der Waals surface area contributed by atoms with Gasteiger partial charge in [0.05, 0.1) is 5.02 Å². The van der Waals surface area contributed by atoms with E-state index in [2.05, 4.69) is 42.2 Å². The van der Waals surface area contributed by atoms with Crippen LogP contribution in [-0.2, 0) is 6.54 Å². The number of nitrogens with zero attached hydrogens (tertiary/aromatic N) is 5. The monoisotopic (exact) mass is 565 g/mol. The fourth-order valence-electron chi connectivity index (χ4n) is 5.23. The summed E-state index contributed by atoms with van der Waals surface area (Å²) in [6.07, 6.45) is 3.06. The number of nitrogens with two attached hydrogens (primary N) is 1. The molecular weight excluding hydrogens is 532 g/mol. The van der Waals surface area contributed by atoms with Gasteiger partial charge in [0.15, 0.2) is 28.4 Å². The van der Waals surface area contributed by atoms with Crippen LogP contribution in [0.4, 0.5) is 16.0 Å². The molecule has 13 heteroatoms. The van der Waals surface area contributed by atoms with E-state index in [0.717, 1.165) is 51.0 Å². The third-order valence-electron chi connectivity index (χ3n) is 7.28. The molecule has 0 aliphatic carbocycles. The summed E-state index contributed by atoms with van der Waals surface area (Å²) in [7, 11) is 1.52. The number of nitrogens with one attached hydrogen (secondary N) is 3. The molecule has 10 nitrogen and oxygen atoms in total.